The number of nitrogens with one attached hydrogen (secondary N) is 2. The van der Waals surface area contributed by atoms with Crippen LogP contribution in [0.1, 0.15) is 5.69 Å². The van der Waals surface area contributed by atoms with Crippen molar-refractivity contribution < 1.29 is 0 Å². The Morgan fingerprint density at radius 3 is 3.29 bits per heavy atom. The maximum Gasteiger partial charge on any atom is 0.113 e. The fourth-order valence-electron chi connectivity index (χ4n) is 1.13. The molecular formula is C10H10N4. The summed E-state index contributed by atoms with van der Waals surface area (Å²) in [5.74, 6) is 5.92. The summed E-state index contributed by atoms with van der Waals surface area (Å²) in [6, 6.07) is 1.92. The van der Waals surface area contributed by atoms with E-state index in [4.69, 9.17) is 0 Å². The van der Waals surface area contributed by atoms with Crippen molar-refractivity contribution in [2.75, 3.05) is 13.6 Å². The van der Waals surface area contributed by atoms with Crippen LogP contribution in [0, 0.1) is 11.8 Å². The molecule has 0 atom stereocenters. The van der Waals surface area contributed by atoms with Gasteiger partial charge in [-0.15, -0.1) is 0 Å². The van der Waals surface area contributed by atoms with Gasteiger partial charge in [0, 0.05) is 5.39 Å². The summed E-state index contributed by atoms with van der Waals surface area (Å²) < 4.78 is 0. The topological polar surface area (TPSA) is 53.6 Å². The lowest BCUT2D eigenvalue weighted by Crippen LogP contribution is -2.04. The first-order valence-corrected chi connectivity index (χ1v) is 4.33. The highest BCUT2D eigenvalue weighted by atomic mass is 15.1. The highest BCUT2D eigenvalue weighted by Crippen LogP contribution is 2.08. The van der Waals surface area contributed by atoms with E-state index in [-0.39, 0.29) is 0 Å². The van der Waals surface area contributed by atoms with Gasteiger partial charge in [0.25, 0.3) is 0 Å². The first-order valence-electron chi connectivity index (χ1n) is 4.33. The number of hydrogen-bond donors (Lipinski definition) is 2. The summed E-state index contributed by atoms with van der Waals surface area (Å²) in [6.07, 6.45) is 3.51. The molecule has 2 rings (SSSR count). The maximum absolute atomic E-state index is 4.18. The van der Waals surface area contributed by atoms with Crippen LogP contribution in [0.4, 0.5) is 0 Å². The van der Waals surface area contributed by atoms with Crippen molar-refractivity contribution in [3.63, 3.8) is 0 Å². The third-order valence-corrected chi connectivity index (χ3v) is 1.81. The molecule has 0 aliphatic rings. The molecule has 0 fully saturated rings. The predicted molar refractivity (Wildman–Crippen MR) is 54.7 cm³/mol. The summed E-state index contributed by atoms with van der Waals surface area (Å²) in [5.41, 5.74) is 1.71. The fourth-order valence-corrected chi connectivity index (χ4v) is 1.13. The van der Waals surface area contributed by atoms with Crippen molar-refractivity contribution >= 4 is 10.9 Å². The van der Waals surface area contributed by atoms with Crippen molar-refractivity contribution in [1.82, 2.24) is 20.5 Å². The molecule has 0 radical (unpaired) electrons. The van der Waals surface area contributed by atoms with Crippen LogP contribution in [0.5, 0.6) is 0 Å². The Hall–Kier alpha value is -1.86. The minimum Gasteiger partial charge on any atom is -0.309 e. The van der Waals surface area contributed by atoms with Crippen molar-refractivity contribution in [3.05, 3.63) is 24.2 Å². The number of nitrogens with zero attached hydrogens (tertiary/aromatic N) is 2. The maximum atomic E-state index is 4.18. The Morgan fingerprint density at radius 2 is 2.43 bits per heavy atom. The van der Waals surface area contributed by atoms with Crippen LogP contribution >= 0.6 is 0 Å². The number of pyridine rings is 1. The van der Waals surface area contributed by atoms with Gasteiger partial charge in [-0.3, -0.25) is 5.10 Å². The van der Waals surface area contributed by atoms with E-state index in [9.17, 15) is 0 Å². The summed E-state index contributed by atoms with van der Waals surface area (Å²) in [6.45, 7) is 0.672. The van der Waals surface area contributed by atoms with Gasteiger partial charge in [-0.05, 0) is 19.0 Å². The highest BCUT2D eigenvalue weighted by molar-refractivity contribution is 5.77. The molecule has 0 amide bonds. The zero-order valence-corrected chi connectivity index (χ0v) is 7.83. The number of aromatic nitrogens is 3. The molecule has 0 aromatic carbocycles. The minimum atomic E-state index is 0.672. The van der Waals surface area contributed by atoms with Gasteiger partial charge in [-0.2, -0.15) is 5.10 Å². The Bertz CT molecular complexity index is 489. The van der Waals surface area contributed by atoms with Crippen molar-refractivity contribution in [1.29, 1.82) is 0 Å². The van der Waals surface area contributed by atoms with E-state index in [1.54, 1.807) is 12.4 Å². The van der Waals surface area contributed by atoms with Crippen molar-refractivity contribution in [3.8, 4) is 11.8 Å². The van der Waals surface area contributed by atoms with E-state index in [2.05, 4.69) is 32.3 Å². The molecule has 70 valence electrons. The quantitative estimate of drug-likeness (QED) is 0.639. The van der Waals surface area contributed by atoms with Gasteiger partial charge >= 0.3 is 0 Å². The van der Waals surface area contributed by atoms with Crippen LogP contribution < -0.4 is 5.32 Å². The third kappa shape index (κ3) is 1.73. The average Bonchev–Trinajstić information content (AvgIpc) is 2.65. The van der Waals surface area contributed by atoms with Crippen LogP contribution in [0.15, 0.2) is 18.5 Å². The Labute approximate surface area is 81.7 Å². The molecule has 2 N–H and O–H groups in total. The number of rotatable bonds is 1. The molecule has 4 heteroatoms. The number of H-pyrrole nitrogens is 1. The molecule has 4 nitrogen and oxygen atoms in total. The van der Waals surface area contributed by atoms with Crippen LogP contribution in [0.3, 0.4) is 0 Å². The minimum absolute atomic E-state index is 0.672. The first kappa shape index (κ1) is 8.73. The van der Waals surface area contributed by atoms with E-state index in [1.165, 1.54) is 0 Å². The molecular weight excluding hydrogens is 176 g/mol. The molecule has 0 unspecified atom stereocenters. The molecule has 0 saturated heterocycles. The SMILES string of the molecule is CNCC#Cc1cc2cn[nH]c2cn1. The second kappa shape index (κ2) is 3.90. The normalized spacial score (nSPS) is 9.79. The van der Waals surface area contributed by atoms with Gasteiger partial charge in [0.1, 0.15) is 5.69 Å². The van der Waals surface area contributed by atoms with Crippen molar-refractivity contribution in [2.24, 2.45) is 0 Å². The van der Waals surface area contributed by atoms with Crippen LogP contribution in [-0.2, 0) is 0 Å². The molecule has 0 saturated carbocycles. The smallest absolute Gasteiger partial charge is 0.113 e. The molecule has 2 heterocycles. The third-order valence-electron chi connectivity index (χ3n) is 1.81. The fraction of sp³-hybridized carbons (Fsp3) is 0.200. The van der Waals surface area contributed by atoms with E-state index < -0.39 is 0 Å². The van der Waals surface area contributed by atoms with E-state index >= 15 is 0 Å². The van der Waals surface area contributed by atoms with E-state index in [0.717, 1.165) is 16.6 Å². The zero-order chi connectivity index (χ0) is 9.80. The largest absolute Gasteiger partial charge is 0.309 e. The Morgan fingerprint density at radius 1 is 1.50 bits per heavy atom. The summed E-state index contributed by atoms with van der Waals surface area (Å²) in [5, 5.41) is 10.7. The monoisotopic (exact) mass is 186 g/mol. The summed E-state index contributed by atoms with van der Waals surface area (Å²) >= 11 is 0. The summed E-state index contributed by atoms with van der Waals surface area (Å²) in [4.78, 5) is 4.18. The number of aromatic amines is 1. The van der Waals surface area contributed by atoms with E-state index in [0.29, 0.717) is 6.54 Å². The molecule has 2 aromatic heterocycles. The van der Waals surface area contributed by atoms with Gasteiger partial charge in [-0.25, -0.2) is 4.98 Å². The second-order valence-electron chi connectivity index (χ2n) is 2.86. The van der Waals surface area contributed by atoms with Crippen LogP contribution in [-0.4, -0.2) is 28.8 Å². The zero-order valence-electron chi connectivity index (χ0n) is 7.83. The van der Waals surface area contributed by atoms with Crippen LogP contribution in [0.25, 0.3) is 10.9 Å². The van der Waals surface area contributed by atoms with Gasteiger partial charge in [0.05, 0.1) is 24.5 Å². The van der Waals surface area contributed by atoms with Gasteiger partial charge in [-0.1, -0.05) is 5.92 Å². The predicted octanol–water partition coefficient (Wildman–Crippen LogP) is 0.529. The molecule has 2 aromatic rings. The van der Waals surface area contributed by atoms with Crippen LogP contribution in [0.2, 0.25) is 0 Å². The first-order chi connectivity index (χ1) is 6.90. The number of fused-ring (bicyclic) bond motifs is 1. The molecule has 0 aliphatic heterocycles. The second-order valence-corrected chi connectivity index (χ2v) is 2.86. The van der Waals surface area contributed by atoms with Gasteiger partial charge in [0.2, 0.25) is 0 Å². The number of hydrogen-bond acceptors (Lipinski definition) is 3. The average molecular weight is 186 g/mol. The Balaban J connectivity index is 2.31. The van der Waals surface area contributed by atoms with Gasteiger partial charge in [0.15, 0.2) is 0 Å². The lowest BCUT2D eigenvalue weighted by molar-refractivity contribution is 0.938. The molecule has 0 aliphatic carbocycles. The van der Waals surface area contributed by atoms with Crippen molar-refractivity contribution in [2.45, 2.75) is 0 Å². The Kier molecular flexibility index (Phi) is 2.43. The summed E-state index contributed by atoms with van der Waals surface area (Å²) in [7, 11) is 1.86. The standard InChI is InChI=1S/C10H10N4/c1-11-4-2-3-9-5-8-6-13-14-10(8)7-12-9/h5-7,11H,4H2,1H3,(H,13,14). The lowest BCUT2D eigenvalue weighted by Gasteiger charge is -1.89. The lowest BCUT2D eigenvalue weighted by atomic mass is 10.3. The molecule has 14 heavy (non-hydrogen) atoms. The molecule has 0 spiro atoms. The molecule has 0 bridgehead atoms. The van der Waals surface area contributed by atoms with E-state index in [1.807, 2.05) is 13.1 Å². The highest BCUT2D eigenvalue weighted by Gasteiger charge is 1.95. The van der Waals surface area contributed by atoms with Gasteiger partial charge < -0.3 is 5.32 Å².